The van der Waals surface area contributed by atoms with E-state index < -0.39 is 6.61 Å². The molecular weight excluding hydrogens is 374 g/mol. The van der Waals surface area contributed by atoms with E-state index in [9.17, 15) is 13.6 Å². The van der Waals surface area contributed by atoms with Gasteiger partial charge >= 0.3 is 6.61 Å². The second-order valence-electron chi connectivity index (χ2n) is 6.38. The molecule has 0 bridgehead atoms. The molecule has 0 aromatic heterocycles. The van der Waals surface area contributed by atoms with Gasteiger partial charge in [0.1, 0.15) is 5.75 Å². The maximum atomic E-state index is 12.7. The van der Waals surface area contributed by atoms with Gasteiger partial charge in [0.15, 0.2) is 0 Å². The van der Waals surface area contributed by atoms with Gasteiger partial charge < -0.3 is 15.4 Å². The van der Waals surface area contributed by atoms with Crippen LogP contribution in [0.2, 0.25) is 0 Å². The zero-order valence-corrected chi connectivity index (χ0v) is 15.6. The fraction of sp³-hybridized carbons (Fsp3) is 0.350. The first kappa shape index (κ1) is 21.1. The first-order valence-electron chi connectivity index (χ1n) is 8.75. The number of anilines is 1. The van der Waals surface area contributed by atoms with Gasteiger partial charge in [-0.3, -0.25) is 4.79 Å². The van der Waals surface area contributed by atoms with Crippen LogP contribution < -0.4 is 15.4 Å². The van der Waals surface area contributed by atoms with Crippen LogP contribution in [0.5, 0.6) is 5.75 Å². The van der Waals surface area contributed by atoms with E-state index >= 15 is 0 Å². The van der Waals surface area contributed by atoms with E-state index in [0.717, 1.165) is 31.5 Å². The number of alkyl halides is 2. The molecule has 0 saturated carbocycles. The summed E-state index contributed by atoms with van der Waals surface area (Å²) >= 11 is 0. The largest absolute Gasteiger partial charge is 0.435 e. The topological polar surface area (TPSA) is 50.4 Å². The number of carbonyl (C=O) groups excluding carboxylic acids is 1. The number of carbonyl (C=O) groups is 1. The lowest BCUT2D eigenvalue weighted by Gasteiger charge is -2.22. The highest BCUT2D eigenvalue weighted by molar-refractivity contribution is 5.92. The quantitative estimate of drug-likeness (QED) is 0.767. The minimum Gasteiger partial charge on any atom is -0.435 e. The molecule has 1 amide bonds. The molecule has 1 fully saturated rings. The van der Waals surface area contributed by atoms with Crippen LogP contribution >= 0.6 is 12.4 Å². The zero-order valence-electron chi connectivity index (χ0n) is 14.8. The fourth-order valence-corrected chi connectivity index (χ4v) is 3.15. The van der Waals surface area contributed by atoms with Gasteiger partial charge in [-0.25, -0.2) is 0 Å². The molecule has 146 valence electrons. The van der Waals surface area contributed by atoms with Crippen LogP contribution in [0.3, 0.4) is 0 Å². The number of benzene rings is 2. The second-order valence-corrected chi connectivity index (χ2v) is 6.38. The smallest absolute Gasteiger partial charge is 0.387 e. The van der Waals surface area contributed by atoms with Crippen LogP contribution in [0.4, 0.5) is 14.5 Å². The molecule has 0 spiro atoms. The van der Waals surface area contributed by atoms with Gasteiger partial charge in [0.25, 0.3) is 0 Å². The number of rotatable bonds is 6. The van der Waals surface area contributed by atoms with Crippen LogP contribution in [0, 0.1) is 5.92 Å². The van der Waals surface area contributed by atoms with E-state index in [1.807, 2.05) is 30.3 Å². The summed E-state index contributed by atoms with van der Waals surface area (Å²) in [5.41, 5.74) is 2.19. The van der Waals surface area contributed by atoms with Gasteiger partial charge in [-0.2, -0.15) is 8.78 Å². The van der Waals surface area contributed by atoms with E-state index in [2.05, 4.69) is 15.4 Å². The van der Waals surface area contributed by atoms with Crippen molar-refractivity contribution < 1.29 is 18.3 Å². The highest BCUT2D eigenvalue weighted by Gasteiger charge is 2.21. The molecule has 0 atom stereocenters. The average molecular weight is 397 g/mol. The van der Waals surface area contributed by atoms with Crippen molar-refractivity contribution in [2.24, 2.45) is 5.92 Å². The van der Waals surface area contributed by atoms with Gasteiger partial charge in [0.05, 0.1) is 0 Å². The van der Waals surface area contributed by atoms with Crippen LogP contribution in [-0.4, -0.2) is 25.6 Å². The normalized spacial score (nSPS) is 14.5. The van der Waals surface area contributed by atoms with Crippen LogP contribution in [0.15, 0.2) is 48.5 Å². The van der Waals surface area contributed by atoms with Crippen molar-refractivity contribution in [1.29, 1.82) is 0 Å². The summed E-state index contributed by atoms with van der Waals surface area (Å²) in [5.74, 6) is 0.0780. The minimum atomic E-state index is -2.89. The Morgan fingerprint density at radius 1 is 1.15 bits per heavy atom. The molecule has 7 heteroatoms. The van der Waals surface area contributed by atoms with Gasteiger partial charge in [-0.15, -0.1) is 12.4 Å². The number of hydrogen-bond donors (Lipinski definition) is 2. The van der Waals surface area contributed by atoms with Crippen molar-refractivity contribution in [2.75, 3.05) is 18.4 Å². The number of amides is 1. The number of nitrogens with one attached hydrogen (secondary N) is 2. The lowest BCUT2D eigenvalue weighted by atomic mass is 9.97. The third-order valence-electron chi connectivity index (χ3n) is 4.49. The number of piperidine rings is 1. The summed E-state index contributed by atoms with van der Waals surface area (Å²) in [6.07, 6.45) is 2.05. The molecule has 2 N–H and O–H groups in total. The molecule has 0 radical (unpaired) electrons. The Kier molecular flexibility index (Phi) is 8.00. The van der Waals surface area contributed by atoms with Crippen LogP contribution in [0.1, 0.15) is 24.0 Å². The molecular formula is C20H23ClF2N2O2. The van der Waals surface area contributed by atoms with E-state index in [1.165, 1.54) is 6.07 Å². The van der Waals surface area contributed by atoms with Crippen LogP contribution in [-0.2, 0) is 11.2 Å². The first-order valence-corrected chi connectivity index (χ1v) is 8.75. The summed E-state index contributed by atoms with van der Waals surface area (Å²) in [6, 6.07) is 14.3. The third-order valence-corrected chi connectivity index (χ3v) is 4.49. The van der Waals surface area contributed by atoms with E-state index in [0.29, 0.717) is 17.7 Å². The van der Waals surface area contributed by atoms with Gasteiger partial charge in [-0.1, -0.05) is 30.3 Å². The second kappa shape index (κ2) is 10.2. The standard InChI is InChI=1S/C20H22F2N2O2.ClH/c21-20(22)26-18-7-6-17(24-19(25)15-8-10-23-11-9-15)13-16(18)12-14-4-2-1-3-5-14;/h1-7,13,15,20,23H,8-12H2,(H,24,25);1H. The molecule has 1 aliphatic rings. The lowest BCUT2D eigenvalue weighted by Crippen LogP contribution is -2.34. The highest BCUT2D eigenvalue weighted by atomic mass is 35.5. The fourth-order valence-electron chi connectivity index (χ4n) is 3.15. The SMILES string of the molecule is Cl.O=C(Nc1ccc(OC(F)F)c(Cc2ccccc2)c1)C1CCNCC1. The molecule has 2 aromatic carbocycles. The van der Waals surface area contributed by atoms with E-state index in [1.54, 1.807) is 12.1 Å². The maximum absolute atomic E-state index is 12.7. The minimum absolute atomic E-state index is 0. The lowest BCUT2D eigenvalue weighted by molar-refractivity contribution is -0.120. The van der Waals surface area contributed by atoms with Gasteiger partial charge in [-0.05, 0) is 49.7 Å². The molecule has 1 aliphatic heterocycles. The molecule has 2 aromatic rings. The Bertz CT molecular complexity index is 738. The van der Waals surface area contributed by atoms with Crippen molar-refractivity contribution in [3.63, 3.8) is 0 Å². The van der Waals surface area contributed by atoms with Crippen molar-refractivity contribution >= 4 is 24.0 Å². The van der Waals surface area contributed by atoms with E-state index in [4.69, 9.17) is 0 Å². The molecule has 1 heterocycles. The Morgan fingerprint density at radius 3 is 2.52 bits per heavy atom. The molecule has 1 saturated heterocycles. The molecule has 0 unspecified atom stereocenters. The number of hydrogen-bond acceptors (Lipinski definition) is 3. The zero-order chi connectivity index (χ0) is 18.4. The predicted octanol–water partition coefficient (Wildman–Crippen LogP) is 4.24. The molecule has 4 nitrogen and oxygen atoms in total. The summed E-state index contributed by atoms with van der Waals surface area (Å²) in [5, 5.41) is 6.14. The molecule has 3 rings (SSSR count). The Labute approximate surface area is 163 Å². The van der Waals surface area contributed by atoms with Crippen molar-refractivity contribution in [3.05, 3.63) is 59.7 Å². The summed E-state index contributed by atoms with van der Waals surface area (Å²) in [6.45, 7) is -1.23. The summed E-state index contributed by atoms with van der Waals surface area (Å²) in [4.78, 5) is 12.4. The monoisotopic (exact) mass is 396 g/mol. The number of halogens is 3. The van der Waals surface area contributed by atoms with Gasteiger partial charge in [0, 0.05) is 23.6 Å². The number of ether oxygens (including phenoxy) is 1. The maximum Gasteiger partial charge on any atom is 0.387 e. The first-order chi connectivity index (χ1) is 12.6. The Hall–Kier alpha value is -2.18. The van der Waals surface area contributed by atoms with Crippen molar-refractivity contribution in [3.8, 4) is 5.75 Å². The van der Waals surface area contributed by atoms with Crippen LogP contribution in [0.25, 0.3) is 0 Å². The van der Waals surface area contributed by atoms with Crippen molar-refractivity contribution in [1.82, 2.24) is 5.32 Å². The third kappa shape index (κ3) is 6.19. The molecule has 0 aliphatic carbocycles. The summed E-state index contributed by atoms with van der Waals surface area (Å²) in [7, 11) is 0. The Morgan fingerprint density at radius 2 is 1.85 bits per heavy atom. The van der Waals surface area contributed by atoms with E-state index in [-0.39, 0.29) is 30.0 Å². The van der Waals surface area contributed by atoms with Crippen molar-refractivity contribution in [2.45, 2.75) is 25.9 Å². The highest BCUT2D eigenvalue weighted by Crippen LogP contribution is 2.27. The average Bonchev–Trinajstić information content (AvgIpc) is 2.65. The molecule has 27 heavy (non-hydrogen) atoms. The predicted molar refractivity (Wildman–Crippen MR) is 104 cm³/mol. The Balaban J connectivity index is 0.00000261. The van der Waals surface area contributed by atoms with Gasteiger partial charge in [0.2, 0.25) is 5.91 Å². The summed E-state index contributed by atoms with van der Waals surface area (Å²) < 4.78 is 30.0.